The van der Waals surface area contributed by atoms with Crippen molar-refractivity contribution in [3.8, 4) is 18.2 Å². The smallest absolute Gasteiger partial charge is 0.323 e. The molecule has 1 aromatic carbocycles. The van der Waals surface area contributed by atoms with Gasteiger partial charge in [-0.2, -0.15) is 15.8 Å². The Kier molecular flexibility index (Phi) is 3.36. The fourth-order valence-electron chi connectivity index (χ4n) is 1.14. The second-order valence-electron chi connectivity index (χ2n) is 2.88. The van der Waals surface area contributed by atoms with Crippen molar-refractivity contribution < 1.29 is 9.46 Å². The van der Waals surface area contributed by atoms with E-state index in [1.165, 1.54) is 0 Å². The normalized spacial score (nSPS) is 12.6. The van der Waals surface area contributed by atoms with Gasteiger partial charge in [-0.1, -0.05) is 0 Å². The van der Waals surface area contributed by atoms with Crippen LogP contribution in [0.4, 0.5) is 0 Å². The summed E-state index contributed by atoms with van der Waals surface area (Å²) in [7, 11) is -4.48. The Morgan fingerprint density at radius 2 is 1.59 bits per heavy atom. The van der Waals surface area contributed by atoms with E-state index in [-0.39, 0.29) is 16.7 Å². The van der Waals surface area contributed by atoms with Crippen molar-refractivity contribution in [3.05, 3.63) is 33.7 Å². The van der Waals surface area contributed by atoms with E-state index in [1.54, 1.807) is 18.2 Å². The molecule has 1 aromatic rings. The van der Waals surface area contributed by atoms with E-state index in [2.05, 4.69) is 4.95 Å². The minimum absolute atomic E-state index is 0.204. The molecule has 7 nitrogen and oxygen atoms in total. The van der Waals surface area contributed by atoms with Crippen LogP contribution in [0.15, 0.2) is 17.1 Å². The third-order valence-electron chi connectivity index (χ3n) is 1.92. The van der Waals surface area contributed by atoms with Gasteiger partial charge in [0, 0.05) is 4.95 Å². The Balaban J connectivity index is 3.70. The number of hydrogen-bond acceptors (Lipinski definition) is 5. The molecule has 0 amide bonds. The molecule has 1 unspecified atom stereocenters. The van der Waals surface area contributed by atoms with E-state index in [0.717, 1.165) is 12.1 Å². The lowest BCUT2D eigenvalue weighted by molar-refractivity contribution is 0.491. The average Bonchev–Trinajstić information content (AvgIpc) is 2.36. The molecule has 1 atom stereocenters. The van der Waals surface area contributed by atoms with Crippen LogP contribution >= 0.6 is 7.52 Å². The number of nitriles is 3. The van der Waals surface area contributed by atoms with Gasteiger partial charge in [0.25, 0.3) is 0 Å². The number of rotatable bonds is 2. The monoisotopic (exact) mass is 246 g/mol. The molecule has 0 bridgehead atoms. The first kappa shape index (κ1) is 12.5. The van der Waals surface area contributed by atoms with E-state index < -0.39 is 12.8 Å². The van der Waals surface area contributed by atoms with Gasteiger partial charge >= 0.3 is 7.52 Å². The molecular weight excluding hydrogens is 243 g/mol. The molecule has 0 aromatic heterocycles. The topological polar surface area (TPSA) is 138 Å². The maximum Gasteiger partial charge on any atom is 0.379 e. The summed E-state index contributed by atoms with van der Waals surface area (Å²) in [6.45, 7) is 0. The van der Waals surface area contributed by atoms with Crippen molar-refractivity contribution >= 4 is 12.8 Å². The van der Waals surface area contributed by atoms with Gasteiger partial charge in [0.05, 0.1) is 22.0 Å². The van der Waals surface area contributed by atoms with E-state index in [0.29, 0.717) is 0 Å². The number of nitroso groups, excluding NO2 is 1. The lowest BCUT2D eigenvalue weighted by Gasteiger charge is -2.05. The molecule has 0 aliphatic carbocycles. The van der Waals surface area contributed by atoms with Crippen molar-refractivity contribution in [2.24, 2.45) is 4.95 Å². The predicted molar refractivity (Wildman–Crippen MR) is 55.8 cm³/mol. The zero-order valence-electron chi connectivity index (χ0n) is 8.15. The van der Waals surface area contributed by atoms with E-state index in [4.69, 9.17) is 15.8 Å². The Bertz CT molecular complexity index is 627. The van der Waals surface area contributed by atoms with Crippen molar-refractivity contribution in [3.63, 3.8) is 0 Å². The van der Waals surface area contributed by atoms with Gasteiger partial charge in [-0.05, 0) is 12.1 Å². The Morgan fingerprint density at radius 3 is 1.88 bits per heavy atom. The molecule has 17 heavy (non-hydrogen) atoms. The summed E-state index contributed by atoms with van der Waals surface area (Å²) in [6.07, 6.45) is 0. The maximum atomic E-state index is 11.3. The van der Waals surface area contributed by atoms with Crippen LogP contribution in [0.5, 0.6) is 0 Å². The number of nitrogens with zero attached hydrogens (tertiary/aromatic N) is 4. The second kappa shape index (κ2) is 4.55. The zero-order valence-corrected chi connectivity index (χ0v) is 9.05. The van der Waals surface area contributed by atoms with Crippen LogP contribution in [0, 0.1) is 38.9 Å². The van der Waals surface area contributed by atoms with E-state index in [1.807, 2.05) is 0 Å². The minimum Gasteiger partial charge on any atom is -0.323 e. The van der Waals surface area contributed by atoms with Crippen molar-refractivity contribution in [2.75, 3.05) is 0 Å². The van der Waals surface area contributed by atoms with Crippen LogP contribution in [0.2, 0.25) is 0 Å². The third-order valence-corrected chi connectivity index (χ3v) is 3.08. The summed E-state index contributed by atoms with van der Waals surface area (Å²) in [6, 6.07) is 6.66. The molecule has 0 aliphatic heterocycles. The van der Waals surface area contributed by atoms with E-state index >= 15 is 0 Å². The largest absolute Gasteiger partial charge is 0.379 e. The van der Waals surface area contributed by atoms with Crippen molar-refractivity contribution in [1.82, 2.24) is 0 Å². The summed E-state index contributed by atoms with van der Waals surface area (Å²) < 4.78 is 11.3. The lowest BCUT2D eigenvalue weighted by atomic mass is 10.0. The van der Waals surface area contributed by atoms with Crippen LogP contribution in [0.3, 0.4) is 0 Å². The first-order valence-electron chi connectivity index (χ1n) is 4.06. The number of benzene rings is 1. The van der Waals surface area contributed by atoms with Gasteiger partial charge in [-0.15, -0.1) is 4.91 Å². The highest BCUT2D eigenvalue weighted by Crippen LogP contribution is 2.41. The van der Waals surface area contributed by atoms with Gasteiger partial charge in [-0.3, -0.25) is 4.57 Å². The van der Waals surface area contributed by atoms with E-state index in [9.17, 15) is 14.4 Å². The fraction of sp³-hybridized carbons (Fsp3) is 0. The van der Waals surface area contributed by atoms with Crippen LogP contribution in [-0.4, -0.2) is 4.89 Å². The van der Waals surface area contributed by atoms with Gasteiger partial charge < -0.3 is 4.89 Å². The molecule has 0 fully saturated rings. The lowest BCUT2D eigenvalue weighted by Crippen LogP contribution is -2.07. The molecule has 8 heteroatoms. The molecule has 0 heterocycles. The molecule has 0 spiro atoms. The fourth-order valence-corrected chi connectivity index (χ4v) is 1.83. The standard InChI is InChI=1S/C9H3N4O3P/c10-3-6-1-8(17(15,16)13-14)2-7(4-11)9(6)5-12/h1-2H,(H,15,16). The molecule has 0 saturated heterocycles. The van der Waals surface area contributed by atoms with Crippen molar-refractivity contribution in [2.45, 2.75) is 0 Å². The highest BCUT2D eigenvalue weighted by molar-refractivity contribution is 7.64. The molecule has 1 rings (SSSR count). The number of hydrogen-bond donors (Lipinski definition) is 1. The van der Waals surface area contributed by atoms with Gasteiger partial charge in [0.1, 0.15) is 18.2 Å². The summed E-state index contributed by atoms with van der Waals surface area (Å²) >= 11 is 0. The van der Waals surface area contributed by atoms with Crippen LogP contribution in [-0.2, 0) is 4.57 Å². The Hall–Kier alpha value is -2.52. The molecule has 0 aliphatic rings. The third kappa shape index (κ3) is 2.19. The SMILES string of the molecule is N#Cc1cc(P(=O)(O)N=O)cc(C#N)c1C#N. The first-order chi connectivity index (χ1) is 8.00. The predicted octanol–water partition coefficient (Wildman–Crippen LogP) is 0.879. The second-order valence-corrected chi connectivity index (χ2v) is 4.64. The average molecular weight is 246 g/mol. The molecule has 1 N–H and O–H groups in total. The van der Waals surface area contributed by atoms with Crippen LogP contribution < -0.4 is 5.30 Å². The zero-order chi connectivity index (χ0) is 13.1. The van der Waals surface area contributed by atoms with Gasteiger partial charge in [0.2, 0.25) is 0 Å². The maximum absolute atomic E-state index is 11.3. The Morgan fingerprint density at radius 1 is 1.12 bits per heavy atom. The highest BCUT2D eigenvalue weighted by atomic mass is 31.2. The van der Waals surface area contributed by atoms with Crippen molar-refractivity contribution in [1.29, 1.82) is 15.8 Å². The van der Waals surface area contributed by atoms with Crippen LogP contribution in [0.1, 0.15) is 16.7 Å². The summed E-state index contributed by atoms with van der Waals surface area (Å²) in [5.41, 5.74) is -0.705. The molecule has 0 saturated carbocycles. The minimum atomic E-state index is -4.48. The van der Waals surface area contributed by atoms with Gasteiger partial charge in [0.15, 0.2) is 0 Å². The summed E-state index contributed by atoms with van der Waals surface area (Å²) in [5, 5.41) is 25.8. The quantitative estimate of drug-likeness (QED) is 0.606. The highest BCUT2D eigenvalue weighted by Gasteiger charge is 2.25. The van der Waals surface area contributed by atoms with Crippen LogP contribution in [0.25, 0.3) is 0 Å². The molecule has 82 valence electrons. The summed E-state index contributed by atoms with van der Waals surface area (Å²) in [4.78, 5) is 21.4. The first-order valence-corrected chi connectivity index (χ1v) is 5.68. The van der Waals surface area contributed by atoms with Gasteiger partial charge in [-0.25, -0.2) is 0 Å². The summed E-state index contributed by atoms with van der Waals surface area (Å²) in [5.74, 6) is 0. The molecule has 0 radical (unpaired) electrons. The molecular formula is C9H3N4O3P. The Labute approximate surface area is 95.6 Å².